The van der Waals surface area contributed by atoms with Crippen LogP contribution in [0.4, 0.5) is 0 Å². The Morgan fingerprint density at radius 3 is 2.62 bits per heavy atom. The molecule has 1 heterocycles. The lowest BCUT2D eigenvalue weighted by atomic mass is 10.1. The van der Waals surface area contributed by atoms with E-state index in [1.165, 1.54) is 27.3 Å². The van der Waals surface area contributed by atoms with E-state index in [0.29, 0.717) is 10.5 Å². The zero-order valence-corrected chi connectivity index (χ0v) is 14.3. The minimum absolute atomic E-state index is 0.508. The Morgan fingerprint density at radius 1 is 1.14 bits per heavy atom. The fourth-order valence-corrected chi connectivity index (χ4v) is 5.33. The van der Waals surface area contributed by atoms with Gasteiger partial charge in [-0.2, -0.15) is 0 Å². The van der Waals surface area contributed by atoms with E-state index in [-0.39, 0.29) is 0 Å². The number of hydrogen-bond acceptors (Lipinski definition) is 3. The van der Waals surface area contributed by atoms with Gasteiger partial charge in [-0.15, -0.1) is 23.5 Å². The van der Waals surface area contributed by atoms with Crippen LogP contribution < -0.4 is 4.74 Å². The molecule has 3 rings (SSSR count). The molecule has 3 heteroatoms. The molecule has 1 aliphatic heterocycles. The molecule has 0 radical (unpaired) electrons. The first-order valence-corrected chi connectivity index (χ1v) is 8.99. The van der Waals surface area contributed by atoms with E-state index >= 15 is 0 Å². The minimum atomic E-state index is 0.508. The van der Waals surface area contributed by atoms with Gasteiger partial charge in [0.05, 0.1) is 7.11 Å². The fraction of sp³-hybridized carbons (Fsp3) is 0.333. The summed E-state index contributed by atoms with van der Waals surface area (Å²) in [6.07, 6.45) is 1.20. The summed E-state index contributed by atoms with van der Waals surface area (Å²) in [7, 11) is 1.74. The third kappa shape index (κ3) is 3.41. The van der Waals surface area contributed by atoms with Crippen molar-refractivity contribution in [1.82, 2.24) is 0 Å². The molecule has 0 aliphatic carbocycles. The molecule has 0 saturated carbocycles. The summed E-state index contributed by atoms with van der Waals surface area (Å²) in [6.45, 7) is 4.45. The van der Waals surface area contributed by atoms with E-state index in [4.69, 9.17) is 4.74 Å². The van der Waals surface area contributed by atoms with Crippen LogP contribution in [0.1, 0.15) is 29.7 Å². The number of thioether (sulfide) groups is 2. The third-order valence-electron chi connectivity index (χ3n) is 3.74. The van der Waals surface area contributed by atoms with Crippen LogP contribution in [0.5, 0.6) is 5.75 Å². The molecule has 0 N–H and O–H groups in total. The summed E-state index contributed by atoms with van der Waals surface area (Å²) in [6, 6.07) is 15.3. The van der Waals surface area contributed by atoms with Gasteiger partial charge in [0, 0.05) is 20.3 Å². The highest BCUT2D eigenvalue weighted by molar-refractivity contribution is 8.01. The first-order chi connectivity index (χ1) is 10.2. The Kier molecular flexibility index (Phi) is 4.51. The Bertz CT molecular complexity index is 622. The molecule has 0 aromatic heterocycles. The molecule has 2 atom stereocenters. The van der Waals surface area contributed by atoms with Crippen LogP contribution in [-0.4, -0.2) is 12.4 Å². The maximum absolute atomic E-state index is 5.40. The van der Waals surface area contributed by atoms with Crippen LogP contribution in [0.15, 0.2) is 52.3 Å². The molecule has 21 heavy (non-hydrogen) atoms. The Labute approximate surface area is 135 Å². The van der Waals surface area contributed by atoms with Crippen molar-refractivity contribution in [3.05, 3.63) is 53.6 Å². The van der Waals surface area contributed by atoms with E-state index < -0.39 is 0 Å². The molecule has 2 aromatic carbocycles. The average Bonchev–Trinajstić information content (AvgIpc) is 2.49. The molecule has 0 unspecified atom stereocenters. The number of fused-ring (bicyclic) bond motifs is 1. The van der Waals surface area contributed by atoms with Gasteiger partial charge in [0.25, 0.3) is 0 Å². The summed E-state index contributed by atoms with van der Waals surface area (Å²) in [5.41, 5.74) is 2.73. The van der Waals surface area contributed by atoms with Gasteiger partial charge in [-0.05, 0) is 49.2 Å². The predicted molar refractivity (Wildman–Crippen MR) is 92.7 cm³/mol. The zero-order chi connectivity index (χ0) is 14.8. The molecule has 1 nitrogen and oxygen atoms in total. The number of aryl methyl sites for hydroxylation is 1. The summed E-state index contributed by atoms with van der Waals surface area (Å²) in [5, 5.41) is 1.17. The van der Waals surface area contributed by atoms with E-state index in [1.54, 1.807) is 7.11 Å². The predicted octanol–water partition coefficient (Wildman–Crippen LogP) is 5.72. The third-order valence-corrected chi connectivity index (χ3v) is 6.23. The smallest absolute Gasteiger partial charge is 0.119 e. The normalized spacial score (nSPS) is 20.9. The lowest BCUT2D eigenvalue weighted by Gasteiger charge is -2.29. The van der Waals surface area contributed by atoms with Crippen LogP contribution in [0, 0.1) is 6.92 Å². The van der Waals surface area contributed by atoms with Gasteiger partial charge in [-0.1, -0.05) is 24.6 Å². The first-order valence-electron chi connectivity index (χ1n) is 7.23. The van der Waals surface area contributed by atoms with Crippen LogP contribution in [0.3, 0.4) is 0 Å². The second-order valence-corrected chi connectivity index (χ2v) is 8.24. The van der Waals surface area contributed by atoms with Gasteiger partial charge in [0.15, 0.2) is 0 Å². The molecule has 0 bridgehead atoms. The van der Waals surface area contributed by atoms with Crippen molar-refractivity contribution >= 4 is 23.5 Å². The topological polar surface area (TPSA) is 9.23 Å². The molecule has 1 aliphatic rings. The molecular formula is C18H20OS2. The lowest BCUT2D eigenvalue weighted by Crippen LogP contribution is -2.11. The van der Waals surface area contributed by atoms with E-state index in [1.807, 2.05) is 23.5 Å². The Morgan fingerprint density at radius 2 is 1.90 bits per heavy atom. The van der Waals surface area contributed by atoms with Crippen molar-refractivity contribution in [3.8, 4) is 5.75 Å². The molecule has 2 aromatic rings. The summed E-state index contributed by atoms with van der Waals surface area (Å²) in [5.74, 6) is 0.957. The van der Waals surface area contributed by atoms with E-state index in [0.717, 1.165) is 5.75 Å². The second kappa shape index (κ2) is 6.37. The average molecular weight is 316 g/mol. The van der Waals surface area contributed by atoms with E-state index in [9.17, 15) is 0 Å². The number of benzene rings is 2. The monoisotopic (exact) mass is 316 g/mol. The quantitative estimate of drug-likeness (QED) is 0.716. The number of methoxy groups -OCH3 is 1. The highest BCUT2D eigenvalue weighted by Crippen LogP contribution is 2.49. The van der Waals surface area contributed by atoms with Gasteiger partial charge in [0.2, 0.25) is 0 Å². The van der Waals surface area contributed by atoms with Crippen molar-refractivity contribution in [2.45, 2.75) is 40.6 Å². The molecular weight excluding hydrogens is 296 g/mol. The number of ether oxygens (including phenoxy) is 1. The molecule has 110 valence electrons. The maximum atomic E-state index is 5.40. The standard InChI is InChI=1S/C18H20OS2/c1-12-4-7-15(8-5-12)21-18-10-13(2)20-17-9-6-14(19-3)11-16(17)18/h4-9,11,13,18H,10H2,1-3H3/t13-,18-/m1/s1. The van der Waals surface area contributed by atoms with Gasteiger partial charge >= 0.3 is 0 Å². The van der Waals surface area contributed by atoms with Crippen molar-refractivity contribution in [2.75, 3.05) is 7.11 Å². The molecule has 0 amide bonds. The highest BCUT2D eigenvalue weighted by Gasteiger charge is 2.26. The van der Waals surface area contributed by atoms with Crippen molar-refractivity contribution < 1.29 is 4.74 Å². The van der Waals surface area contributed by atoms with Crippen molar-refractivity contribution in [1.29, 1.82) is 0 Å². The van der Waals surface area contributed by atoms with Crippen LogP contribution >= 0.6 is 23.5 Å². The first kappa shape index (κ1) is 14.9. The minimum Gasteiger partial charge on any atom is -0.497 e. The zero-order valence-electron chi connectivity index (χ0n) is 12.6. The molecule has 0 saturated heterocycles. The lowest BCUT2D eigenvalue weighted by molar-refractivity contribution is 0.413. The summed E-state index contributed by atoms with van der Waals surface area (Å²) < 4.78 is 5.40. The number of hydrogen-bond donors (Lipinski definition) is 0. The summed E-state index contributed by atoms with van der Waals surface area (Å²) >= 11 is 3.95. The Hall–Kier alpha value is -1.06. The van der Waals surface area contributed by atoms with Crippen molar-refractivity contribution in [2.24, 2.45) is 0 Å². The molecule has 0 spiro atoms. The second-order valence-electron chi connectivity index (χ2n) is 5.49. The van der Waals surface area contributed by atoms with Gasteiger partial charge < -0.3 is 4.74 Å². The SMILES string of the molecule is COc1ccc2c(c1)[C@H](Sc1ccc(C)cc1)C[C@@H](C)S2. The Balaban J connectivity index is 1.90. The van der Waals surface area contributed by atoms with Crippen LogP contribution in [-0.2, 0) is 0 Å². The molecule has 0 fully saturated rings. The van der Waals surface area contributed by atoms with Crippen LogP contribution in [0.25, 0.3) is 0 Å². The van der Waals surface area contributed by atoms with E-state index in [2.05, 4.69) is 56.3 Å². The van der Waals surface area contributed by atoms with Crippen molar-refractivity contribution in [3.63, 3.8) is 0 Å². The fourth-order valence-electron chi connectivity index (χ4n) is 2.60. The van der Waals surface area contributed by atoms with Gasteiger partial charge in [-0.3, -0.25) is 0 Å². The highest BCUT2D eigenvalue weighted by atomic mass is 32.2. The maximum Gasteiger partial charge on any atom is 0.119 e. The largest absolute Gasteiger partial charge is 0.497 e. The van der Waals surface area contributed by atoms with Gasteiger partial charge in [-0.25, -0.2) is 0 Å². The number of rotatable bonds is 3. The van der Waals surface area contributed by atoms with Gasteiger partial charge in [0.1, 0.15) is 5.75 Å². The summed E-state index contributed by atoms with van der Waals surface area (Å²) in [4.78, 5) is 2.75. The van der Waals surface area contributed by atoms with Crippen LogP contribution in [0.2, 0.25) is 0 Å².